The van der Waals surface area contributed by atoms with Crippen molar-refractivity contribution in [3.8, 4) is 0 Å². The van der Waals surface area contributed by atoms with Crippen LogP contribution in [0, 0.1) is 0 Å². The molecule has 1 saturated carbocycles. The number of carbonyl (C=O) groups excluding carboxylic acids is 1. The van der Waals surface area contributed by atoms with Gasteiger partial charge in [0.2, 0.25) is 5.95 Å². The van der Waals surface area contributed by atoms with Crippen molar-refractivity contribution >= 4 is 34.6 Å². The minimum absolute atomic E-state index is 0.299. The van der Waals surface area contributed by atoms with Crippen molar-refractivity contribution in [2.75, 3.05) is 5.32 Å². The van der Waals surface area contributed by atoms with E-state index < -0.39 is 0 Å². The number of hydrogen-bond donors (Lipinski definition) is 2. The van der Waals surface area contributed by atoms with Gasteiger partial charge in [-0.25, -0.2) is 5.10 Å². The SMILES string of the molecule is O=C(Nc1ncn[nH]1)c1oc2ccccc2c1CSC1CCCCC1. The Morgan fingerprint density at radius 1 is 1.28 bits per heavy atom. The molecule has 1 amide bonds. The maximum Gasteiger partial charge on any atom is 0.294 e. The van der Waals surface area contributed by atoms with Crippen LogP contribution in [0.4, 0.5) is 5.95 Å². The first-order chi connectivity index (χ1) is 12.3. The van der Waals surface area contributed by atoms with Crippen LogP contribution < -0.4 is 5.32 Å². The fraction of sp³-hybridized carbons (Fsp3) is 0.389. The third-order valence-corrected chi connectivity index (χ3v) is 5.97. The molecule has 1 fully saturated rings. The molecular formula is C18H20N4O2S. The van der Waals surface area contributed by atoms with Gasteiger partial charge in [-0.05, 0) is 18.9 Å². The number of nitrogens with one attached hydrogen (secondary N) is 2. The molecule has 25 heavy (non-hydrogen) atoms. The number of aromatic amines is 1. The molecule has 0 aliphatic heterocycles. The minimum atomic E-state index is -0.299. The smallest absolute Gasteiger partial charge is 0.294 e. The van der Waals surface area contributed by atoms with Crippen LogP contribution in [0.5, 0.6) is 0 Å². The highest BCUT2D eigenvalue weighted by Gasteiger charge is 2.23. The lowest BCUT2D eigenvalue weighted by molar-refractivity contribution is 0.0997. The van der Waals surface area contributed by atoms with E-state index in [1.54, 1.807) is 0 Å². The molecule has 1 aromatic carbocycles. The van der Waals surface area contributed by atoms with Gasteiger partial charge in [0.05, 0.1) is 0 Å². The molecule has 2 heterocycles. The quantitative estimate of drug-likeness (QED) is 0.709. The summed E-state index contributed by atoms with van der Waals surface area (Å²) in [4.78, 5) is 16.6. The molecule has 0 atom stereocenters. The van der Waals surface area contributed by atoms with E-state index in [1.807, 2.05) is 36.0 Å². The normalized spacial score (nSPS) is 15.5. The van der Waals surface area contributed by atoms with E-state index in [2.05, 4.69) is 20.5 Å². The van der Waals surface area contributed by atoms with Gasteiger partial charge in [-0.3, -0.25) is 10.1 Å². The number of furan rings is 1. The fourth-order valence-electron chi connectivity index (χ4n) is 3.29. The molecule has 6 nitrogen and oxygen atoms in total. The predicted octanol–water partition coefficient (Wildman–Crippen LogP) is 4.37. The average molecular weight is 356 g/mol. The molecule has 3 aromatic rings. The van der Waals surface area contributed by atoms with Crippen LogP contribution >= 0.6 is 11.8 Å². The standard InChI is InChI=1S/C18H20N4O2S/c23-17(21-18-19-11-20-22-18)16-14(10-25-12-6-2-1-3-7-12)13-8-4-5-9-15(13)24-16/h4-5,8-9,11-12H,1-3,6-7,10H2,(H2,19,20,21,22,23). The van der Waals surface area contributed by atoms with Crippen LogP contribution in [0.25, 0.3) is 11.0 Å². The number of nitrogens with zero attached hydrogens (tertiary/aromatic N) is 2. The van der Waals surface area contributed by atoms with Crippen molar-refractivity contribution in [2.45, 2.75) is 43.1 Å². The first kappa shape index (κ1) is 16.2. The largest absolute Gasteiger partial charge is 0.451 e. The van der Waals surface area contributed by atoms with Gasteiger partial charge in [0.25, 0.3) is 5.91 Å². The summed E-state index contributed by atoms with van der Waals surface area (Å²) >= 11 is 1.93. The summed E-state index contributed by atoms with van der Waals surface area (Å²) in [7, 11) is 0. The van der Waals surface area contributed by atoms with Gasteiger partial charge in [0, 0.05) is 22.0 Å². The lowest BCUT2D eigenvalue weighted by atomic mass is 10.0. The Morgan fingerprint density at radius 3 is 2.92 bits per heavy atom. The second-order valence-electron chi connectivity index (χ2n) is 6.27. The third-order valence-electron chi connectivity index (χ3n) is 4.57. The van der Waals surface area contributed by atoms with Crippen LogP contribution in [0.1, 0.15) is 48.2 Å². The number of fused-ring (bicyclic) bond motifs is 1. The molecule has 0 unspecified atom stereocenters. The maximum absolute atomic E-state index is 12.7. The number of benzene rings is 1. The number of thioether (sulfide) groups is 1. The number of rotatable bonds is 5. The molecule has 7 heteroatoms. The molecule has 130 valence electrons. The van der Waals surface area contributed by atoms with Crippen molar-refractivity contribution in [2.24, 2.45) is 0 Å². The Bertz CT molecular complexity index is 853. The molecule has 1 aliphatic carbocycles. The van der Waals surface area contributed by atoms with Crippen LogP contribution in [-0.2, 0) is 5.75 Å². The van der Waals surface area contributed by atoms with E-state index in [0.717, 1.165) is 22.3 Å². The molecule has 0 saturated heterocycles. The highest BCUT2D eigenvalue weighted by atomic mass is 32.2. The summed E-state index contributed by atoms with van der Waals surface area (Å²) in [5.41, 5.74) is 1.70. The topological polar surface area (TPSA) is 83.8 Å². The summed E-state index contributed by atoms with van der Waals surface area (Å²) in [5, 5.41) is 10.8. The number of carbonyl (C=O) groups is 1. The Balaban J connectivity index is 1.59. The highest BCUT2D eigenvalue weighted by Crippen LogP contribution is 2.35. The van der Waals surface area contributed by atoms with Gasteiger partial charge in [-0.1, -0.05) is 37.5 Å². The molecular weight excluding hydrogens is 336 g/mol. The zero-order chi connectivity index (χ0) is 17.1. The Labute approximate surface area is 149 Å². The molecule has 0 spiro atoms. The van der Waals surface area contributed by atoms with E-state index in [4.69, 9.17) is 4.42 Å². The van der Waals surface area contributed by atoms with Crippen LogP contribution in [0.2, 0.25) is 0 Å². The number of anilines is 1. The highest BCUT2D eigenvalue weighted by molar-refractivity contribution is 7.99. The van der Waals surface area contributed by atoms with Gasteiger partial charge in [0.1, 0.15) is 11.9 Å². The Kier molecular flexibility index (Phi) is 4.74. The van der Waals surface area contributed by atoms with Gasteiger partial charge in [-0.2, -0.15) is 21.8 Å². The van der Waals surface area contributed by atoms with Crippen molar-refractivity contribution < 1.29 is 9.21 Å². The first-order valence-electron chi connectivity index (χ1n) is 8.60. The van der Waals surface area contributed by atoms with E-state index in [9.17, 15) is 4.79 Å². The van der Waals surface area contributed by atoms with Crippen LogP contribution in [0.15, 0.2) is 35.0 Å². The Morgan fingerprint density at radius 2 is 2.12 bits per heavy atom. The number of hydrogen-bond acceptors (Lipinski definition) is 5. The van der Waals surface area contributed by atoms with E-state index in [0.29, 0.717) is 17.0 Å². The molecule has 1 aliphatic rings. The number of para-hydroxylation sites is 1. The second kappa shape index (κ2) is 7.31. The van der Waals surface area contributed by atoms with E-state index in [-0.39, 0.29) is 5.91 Å². The summed E-state index contributed by atoms with van der Waals surface area (Å²) < 4.78 is 5.86. The van der Waals surface area contributed by atoms with Crippen molar-refractivity contribution in [3.05, 3.63) is 41.9 Å². The zero-order valence-electron chi connectivity index (χ0n) is 13.8. The lowest BCUT2D eigenvalue weighted by Crippen LogP contribution is -2.14. The average Bonchev–Trinajstić information content (AvgIpc) is 3.28. The molecule has 4 rings (SSSR count). The van der Waals surface area contributed by atoms with Crippen molar-refractivity contribution in [1.82, 2.24) is 15.2 Å². The monoisotopic (exact) mass is 356 g/mol. The lowest BCUT2D eigenvalue weighted by Gasteiger charge is -2.20. The van der Waals surface area contributed by atoms with E-state index in [1.165, 1.54) is 38.4 Å². The number of aromatic nitrogens is 3. The maximum atomic E-state index is 12.7. The second-order valence-corrected chi connectivity index (χ2v) is 7.55. The molecule has 0 radical (unpaired) electrons. The number of amides is 1. The summed E-state index contributed by atoms with van der Waals surface area (Å²) in [6, 6.07) is 7.81. The van der Waals surface area contributed by atoms with Gasteiger partial charge in [0.15, 0.2) is 5.76 Å². The van der Waals surface area contributed by atoms with Gasteiger partial charge in [-0.15, -0.1) is 0 Å². The minimum Gasteiger partial charge on any atom is -0.451 e. The van der Waals surface area contributed by atoms with Crippen LogP contribution in [-0.4, -0.2) is 26.3 Å². The van der Waals surface area contributed by atoms with Gasteiger partial charge >= 0.3 is 0 Å². The third kappa shape index (κ3) is 3.56. The van der Waals surface area contributed by atoms with Crippen molar-refractivity contribution in [1.29, 1.82) is 0 Å². The number of H-pyrrole nitrogens is 1. The van der Waals surface area contributed by atoms with Crippen molar-refractivity contribution in [3.63, 3.8) is 0 Å². The molecule has 0 bridgehead atoms. The molecule has 2 N–H and O–H groups in total. The fourth-order valence-corrected chi connectivity index (χ4v) is 4.64. The van der Waals surface area contributed by atoms with E-state index >= 15 is 0 Å². The summed E-state index contributed by atoms with van der Waals surface area (Å²) in [6.45, 7) is 0. The first-order valence-corrected chi connectivity index (χ1v) is 9.65. The summed E-state index contributed by atoms with van der Waals surface area (Å²) in [6.07, 6.45) is 7.84. The zero-order valence-corrected chi connectivity index (χ0v) is 14.6. The van der Waals surface area contributed by atoms with Crippen LogP contribution in [0.3, 0.4) is 0 Å². The predicted molar refractivity (Wildman–Crippen MR) is 98.7 cm³/mol. The van der Waals surface area contributed by atoms with Gasteiger partial charge < -0.3 is 4.42 Å². The molecule has 2 aromatic heterocycles. The Hall–Kier alpha value is -2.28. The summed E-state index contributed by atoms with van der Waals surface area (Å²) in [5.74, 6) is 1.16.